The lowest BCUT2D eigenvalue weighted by Gasteiger charge is -2.43. The van der Waals surface area contributed by atoms with Gasteiger partial charge >= 0.3 is 0 Å². The number of nitrogens with zero attached hydrogens (tertiary/aromatic N) is 2. The minimum Gasteiger partial charge on any atom is -0.297 e. The maximum absolute atomic E-state index is 13.6. The van der Waals surface area contributed by atoms with Crippen molar-refractivity contribution in [1.82, 2.24) is 21.2 Å². The van der Waals surface area contributed by atoms with Gasteiger partial charge in [-0.15, -0.1) is 27.8 Å². The normalized spacial score (nSPS) is 39.3. The van der Waals surface area contributed by atoms with E-state index in [9.17, 15) is 9.39 Å². The van der Waals surface area contributed by atoms with Crippen molar-refractivity contribution in [3.05, 3.63) is 4.91 Å². The van der Waals surface area contributed by atoms with Crippen LogP contribution in [0.1, 0.15) is 32.6 Å². The summed E-state index contributed by atoms with van der Waals surface area (Å²) in [5.41, 5.74) is -0.693. The molecule has 10 heteroatoms. The van der Waals surface area contributed by atoms with Crippen LogP contribution < -0.4 is 21.8 Å². The maximum atomic E-state index is 13.6. The van der Waals surface area contributed by atoms with Gasteiger partial charge in [0.05, 0.1) is 12.2 Å². The first-order valence-corrected chi connectivity index (χ1v) is 9.09. The Hall–Kier alpha value is -0.0300. The van der Waals surface area contributed by atoms with Gasteiger partial charge in [0.15, 0.2) is 0 Å². The second-order valence-corrected chi connectivity index (χ2v) is 7.42. The van der Waals surface area contributed by atoms with Crippen LogP contribution >= 0.6 is 23.4 Å². The molecule has 1 aliphatic carbocycles. The Bertz CT molecular complexity index is 369. The first-order valence-electron chi connectivity index (χ1n) is 7.61. The molecule has 4 unspecified atom stereocenters. The lowest BCUT2D eigenvalue weighted by atomic mass is 10.1. The smallest absolute Gasteiger partial charge is 0.114 e. The predicted octanol–water partition coefficient (Wildman–Crippen LogP) is 1.20. The van der Waals surface area contributed by atoms with Crippen LogP contribution in [0.25, 0.3) is 0 Å². The highest BCUT2D eigenvalue weighted by atomic mass is 35.5. The van der Waals surface area contributed by atoms with Crippen LogP contribution in [0.15, 0.2) is 5.18 Å². The molecule has 0 amide bonds. The Morgan fingerprint density at radius 3 is 2.86 bits per heavy atom. The number of hydrogen-bond donors (Lipinski definition) is 4. The first kappa shape index (κ1) is 18.3. The van der Waals surface area contributed by atoms with Crippen LogP contribution in [0.5, 0.6) is 0 Å². The Labute approximate surface area is 139 Å². The highest BCUT2D eigenvalue weighted by Crippen LogP contribution is 2.25. The third-order valence-electron chi connectivity index (χ3n) is 4.03. The second kappa shape index (κ2) is 8.72. The number of nitroso groups, excluding NO2 is 1. The first-order chi connectivity index (χ1) is 10.5. The number of nitrogens with two attached hydrogens (primary N) is 1. The molecule has 6 atom stereocenters. The fourth-order valence-electron chi connectivity index (χ4n) is 2.93. The summed E-state index contributed by atoms with van der Waals surface area (Å²) in [6.45, 7) is 2.10. The fraction of sp³-hybridized carbons (Fsp3) is 1.00. The molecule has 2 fully saturated rings. The van der Waals surface area contributed by atoms with E-state index in [4.69, 9.17) is 17.4 Å². The number of rotatable bonds is 7. The molecular weight excluding hydrogens is 331 g/mol. The lowest BCUT2D eigenvalue weighted by Crippen LogP contribution is -2.72. The average molecular weight is 355 g/mol. The molecule has 128 valence electrons. The number of halogens is 2. The number of hydrazine groups is 1. The molecule has 1 saturated carbocycles. The van der Waals surface area contributed by atoms with Crippen LogP contribution in [0.3, 0.4) is 0 Å². The van der Waals surface area contributed by atoms with Crippen LogP contribution in [-0.2, 0) is 0 Å². The zero-order chi connectivity index (χ0) is 16.1. The van der Waals surface area contributed by atoms with Crippen molar-refractivity contribution < 1.29 is 4.48 Å². The van der Waals surface area contributed by atoms with Gasteiger partial charge in [0.2, 0.25) is 0 Å². The zero-order valence-electron chi connectivity index (χ0n) is 12.5. The summed E-state index contributed by atoms with van der Waals surface area (Å²) in [5, 5.41) is 13.0. The molecule has 0 spiro atoms. The number of nitrogens with one attached hydrogen (secondary N) is 3. The molecule has 2 rings (SSSR count). The van der Waals surface area contributed by atoms with Gasteiger partial charge < -0.3 is 0 Å². The van der Waals surface area contributed by atoms with Crippen molar-refractivity contribution in [2.75, 3.05) is 5.75 Å². The minimum atomic E-state index is -0.747. The van der Waals surface area contributed by atoms with E-state index in [1.807, 2.05) is 0 Å². The third-order valence-corrected chi connectivity index (χ3v) is 5.66. The quantitative estimate of drug-likeness (QED) is 0.136. The van der Waals surface area contributed by atoms with Crippen molar-refractivity contribution in [3.63, 3.8) is 0 Å². The molecule has 0 radical (unpaired) electrons. The van der Waals surface area contributed by atoms with E-state index in [1.54, 1.807) is 11.8 Å². The monoisotopic (exact) mass is 354 g/mol. The van der Waals surface area contributed by atoms with E-state index in [-0.39, 0.29) is 22.8 Å². The van der Waals surface area contributed by atoms with Crippen LogP contribution in [0, 0.1) is 4.91 Å². The Kier molecular flexibility index (Phi) is 7.26. The summed E-state index contributed by atoms with van der Waals surface area (Å²) in [5.74, 6) is 6.27. The topological polar surface area (TPSA) is 94.8 Å². The van der Waals surface area contributed by atoms with Gasteiger partial charge in [-0.05, 0) is 31.4 Å². The van der Waals surface area contributed by atoms with Crippen molar-refractivity contribution in [2.24, 2.45) is 11.0 Å². The summed E-state index contributed by atoms with van der Waals surface area (Å²) in [4.78, 5) is 10.6. The Balaban J connectivity index is 1.97. The van der Waals surface area contributed by atoms with Gasteiger partial charge in [0.25, 0.3) is 0 Å². The van der Waals surface area contributed by atoms with Gasteiger partial charge in [-0.2, -0.15) is 4.91 Å². The van der Waals surface area contributed by atoms with Crippen molar-refractivity contribution >= 4 is 23.4 Å². The van der Waals surface area contributed by atoms with Gasteiger partial charge in [-0.1, -0.05) is 17.3 Å². The summed E-state index contributed by atoms with van der Waals surface area (Å²) >= 11 is 7.94. The Morgan fingerprint density at radius 1 is 1.50 bits per heavy atom. The Morgan fingerprint density at radius 2 is 2.27 bits per heavy atom. The fourth-order valence-corrected chi connectivity index (χ4v) is 4.34. The summed E-state index contributed by atoms with van der Waals surface area (Å²) in [6.07, 6.45) is 2.91. The molecule has 1 saturated heterocycles. The highest BCUT2D eigenvalue weighted by Gasteiger charge is 2.41. The van der Waals surface area contributed by atoms with Crippen LogP contribution in [-0.4, -0.2) is 46.3 Å². The van der Waals surface area contributed by atoms with Gasteiger partial charge in [-0.25, -0.2) is 5.84 Å². The average Bonchev–Trinajstić information content (AvgIpc) is 2.92. The summed E-state index contributed by atoms with van der Waals surface area (Å²) in [7, 11) is 0. The van der Waals surface area contributed by atoms with E-state index >= 15 is 0 Å². The molecule has 0 aromatic rings. The van der Waals surface area contributed by atoms with E-state index in [2.05, 4.69) is 28.1 Å². The highest BCUT2D eigenvalue weighted by molar-refractivity contribution is 7.99. The van der Waals surface area contributed by atoms with Crippen molar-refractivity contribution in [2.45, 2.75) is 67.9 Å². The van der Waals surface area contributed by atoms with Gasteiger partial charge in [0, 0.05) is 6.04 Å². The van der Waals surface area contributed by atoms with E-state index < -0.39 is 17.7 Å². The largest absolute Gasteiger partial charge is 0.297 e. The standard InChI is InChI=1S/C12H24ClFN6OS/c1-2-5-22-12-17-10(13)9(20(14)15)11(18-12)16-7-3-4-8(6-7)19-21/h7-12,16-18H,2-6,15H2,1H3/t7-,8+,9?,10?,11?,12?/m0/s1. The number of alkyl halides is 1. The maximum Gasteiger partial charge on any atom is 0.114 e. The zero-order valence-corrected chi connectivity index (χ0v) is 14.1. The molecule has 1 heterocycles. The minimum absolute atomic E-state index is 0.0717. The molecule has 5 N–H and O–H groups in total. The number of hydrogen-bond acceptors (Lipinski definition) is 8. The van der Waals surface area contributed by atoms with Crippen molar-refractivity contribution in [1.29, 1.82) is 0 Å². The van der Waals surface area contributed by atoms with Crippen LogP contribution in [0.2, 0.25) is 0 Å². The lowest BCUT2D eigenvalue weighted by molar-refractivity contribution is -0.0599. The predicted molar refractivity (Wildman–Crippen MR) is 87.5 cm³/mol. The molecule has 0 aromatic heterocycles. The number of thioether (sulfide) groups is 1. The molecule has 1 aliphatic heterocycles. The van der Waals surface area contributed by atoms with Gasteiger partial charge in [-0.3, -0.25) is 16.0 Å². The van der Waals surface area contributed by atoms with Crippen molar-refractivity contribution in [3.8, 4) is 0 Å². The van der Waals surface area contributed by atoms with Crippen LogP contribution in [0.4, 0.5) is 4.48 Å². The van der Waals surface area contributed by atoms with Gasteiger partial charge in [0.1, 0.15) is 17.0 Å². The summed E-state index contributed by atoms with van der Waals surface area (Å²) < 4.78 is 13.6. The molecule has 22 heavy (non-hydrogen) atoms. The second-order valence-electron chi connectivity index (χ2n) is 5.73. The molecule has 7 nitrogen and oxygen atoms in total. The molecule has 0 bridgehead atoms. The SMILES string of the molecule is CCCSC1NC(Cl)C(N(N)F)C(N[C@H]2CC[C@@H](N=O)C2)N1. The third kappa shape index (κ3) is 4.73. The van der Waals surface area contributed by atoms with E-state index in [0.29, 0.717) is 6.42 Å². The molecular formula is C12H24ClFN6OS. The molecule has 2 aliphatic rings. The van der Waals surface area contributed by atoms with E-state index in [1.165, 1.54) is 0 Å². The molecule has 0 aromatic carbocycles. The summed E-state index contributed by atoms with van der Waals surface area (Å²) in [6, 6.07) is -0.793. The van der Waals surface area contributed by atoms with E-state index in [0.717, 1.165) is 25.0 Å².